The Labute approximate surface area is 114 Å². The standard InChI is InChI=1S/C10H13N3O2S3/c1-6-4-16-5-8(6)3-12-18(14,15)9-7(2)13-10(11)17-9/h4-5,12H,3H2,1-2H3,(H2,11,13). The monoisotopic (exact) mass is 303 g/mol. The summed E-state index contributed by atoms with van der Waals surface area (Å²) in [6.07, 6.45) is 0. The second kappa shape index (κ2) is 4.96. The van der Waals surface area contributed by atoms with Gasteiger partial charge in [0.1, 0.15) is 0 Å². The van der Waals surface area contributed by atoms with Gasteiger partial charge in [0.05, 0.1) is 5.69 Å². The van der Waals surface area contributed by atoms with Gasteiger partial charge in [0, 0.05) is 6.54 Å². The molecule has 0 amide bonds. The number of thiophene rings is 1. The van der Waals surface area contributed by atoms with E-state index >= 15 is 0 Å². The van der Waals surface area contributed by atoms with Crippen LogP contribution in [0.3, 0.4) is 0 Å². The van der Waals surface area contributed by atoms with Crippen LogP contribution in [0.2, 0.25) is 0 Å². The fourth-order valence-corrected chi connectivity index (χ4v) is 4.66. The lowest BCUT2D eigenvalue weighted by atomic mass is 10.2. The van der Waals surface area contributed by atoms with E-state index in [1.54, 1.807) is 18.3 Å². The van der Waals surface area contributed by atoms with Crippen molar-refractivity contribution < 1.29 is 8.42 Å². The molecule has 5 nitrogen and oxygen atoms in total. The predicted molar refractivity (Wildman–Crippen MR) is 74.3 cm³/mol. The molecule has 0 aliphatic rings. The van der Waals surface area contributed by atoms with Crippen molar-refractivity contribution in [2.75, 3.05) is 5.73 Å². The molecule has 0 aliphatic carbocycles. The number of nitrogens with one attached hydrogen (secondary N) is 1. The second-order valence-corrected chi connectivity index (χ2v) is 7.57. The molecular weight excluding hydrogens is 290 g/mol. The van der Waals surface area contributed by atoms with Crippen molar-refractivity contribution in [3.05, 3.63) is 27.6 Å². The molecule has 0 bridgehead atoms. The van der Waals surface area contributed by atoms with Crippen LogP contribution in [0.5, 0.6) is 0 Å². The molecule has 0 saturated heterocycles. The average Bonchev–Trinajstić information content (AvgIpc) is 2.82. The van der Waals surface area contributed by atoms with Crippen molar-refractivity contribution in [2.45, 2.75) is 24.6 Å². The van der Waals surface area contributed by atoms with Crippen LogP contribution in [0.4, 0.5) is 5.13 Å². The molecule has 0 aromatic carbocycles. The van der Waals surface area contributed by atoms with Crippen LogP contribution < -0.4 is 10.5 Å². The van der Waals surface area contributed by atoms with Gasteiger partial charge in [-0.3, -0.25) is 0 Å². The van der Waals surface area contributed by atoms with Crippen molar-refractivity contribution in [2.24, 2.45) is 0 Å². The van der Waals surface area contributed by atoms with E-state index in [9.17, 15) is 8.42 Å². The Bertz CT molecular complexity index is 658. The molecule has 0 aliphatic heterocycles. The zero-order valence-corrected chi connectivity index (χ0v) is 12.4. The smallest absolute Gasteiger partial charge is 0.252 e. The van der Waals surface area contributed by atoms with Crippen LogP contribution in [0.25, 0.3) is 0 Å². The Morgan fingerprint density at radius 1 is 1.39 bits per heavy atom. The summed E-state index contributed by atoms with van der Waals surface area (Å²) in [6, 6.07) is 0. The number of hydrogen-bond donors (Lipinski definition) is 2. The summed E-state index contributed by atoms with van der Waals surface area (Å²) in [5.41, 5.74) is 8.02. The molecule has 2 rings (SSSR count). The van der Waals surface area contributed by atoms with Gasteiger partial charge in [0.25, 0.3) is 10.0 Å². The fourth-order valence-electron chi connectivity index (χ4n) is 1.46. The number of anilines is 1. The molecule has 18 heavy (non-hydrogen) atoms. The molecule has 2 aromatic heterocycles. The van der Waals surface area contributed by atoms with Crippen LogP contribution in [0.15, 0.2) is 15.0 Å². The summed E-state index contributed by atoms with van der Waals surface area (Å²) < 4.78 is 26.9. The zero-order chi connectivity index (χ0) is 13.3. The Morgan fingerprint density at radius 2 is 2.11 bits per heavy atom. The maximum atomic E-state index is 12.1. The highest BCUT2D eigenvalue weighted by atomic mass is 32.2. The van der Waals surface area contributed by atoms with E-state index in [1.165, 1.54) is 0 Å². The SMILES string of the molecule is Cc1cscc1CNS(=O)(=O)c1sc(N)nc1C. The van der Waals surface area contributed by atoms with E-state index in [0.717, 1.165) is 22.5 Å². The van der Waals surface area contributed by atoms with Crippen molar-refractivity contribution in [1.29, 1.82) is 0 Å². The minimum Gasteiger partial charge on any atom is -0.375 e. The summed E-state index contributed by atoms with van der Waals surface area (Å²) >= 11 is 2.54. The van der Waals surface area contributed by atoms with Crippen LogP contribution in [0.1, 0.15) is 16.8 Å². The minimum atomic E-state index is -3.53. The van der Waals surface area contributed by atoms with Gasteiger partial charge in [-0.05, 0) is 35.7 Å². The molecule has 2 heterocycles. The van der Waals surface area contributed by atoms with Crippen LogP contribution in [-0.4, -0.2) is 13.4 Å². The number of rotatable bonds is 4. The van der Waals surface area contributed by atoms with Gasteiger partial charge in [0.15, 0.2) is 9.34 Å². The number of aryl methyl sites for hydroxylation is 2. The lowest BCUT2D eigenvalue weighted by molar-refractivity contribution is 0.582. The van der Waals surface area contributed by atoms with Crippen molar-refractivity contribution in [3.63, 3.8) is 0 Å². The number of nitrogens with zero attached hydrogens (tertiary/aromatic N) is 1. The maximum absolute atomic E-state index is 12.1. The lowest BCUT2D eigenvalue weighted by Gasteiger charge is -2.04. The molecule has 8 heteroatoms. The lowest BCUT2D eigenvalue weighted by Crippen LogP contribution is -2.23. The van der Waals surface area contributed by atoms with E-state index in [2.05, 4.69) is 9.71 Å². The van der Waals surface area contributed by atoms with Gasteiger partial charge in [0.2, 0.25) is 0 Å². The van der Waals surface area contributed by atoms with Gasteiger partial charge < -0.3 is 5.73 Å². The highest BCUT2D eigenvalue weighted by molar-refractivity contribution is 7.91. The van der Waals surface area contributed by atoms with Gasteiger partial charge in [-0.15, -0.1) is 0 Å². The van der Waals surface area contributed by atoms with Gasteiger partial charge in [-0.2, -0.15) is 11.3 Å². The van der Waals surface area contributed by atoms with Crippen molar-refractivity contribution in [3.8, 4) is 0 Å². The summed E-state index contributed by atoms with van der Waals surface area (Å²) in [4.78, 5) is 3.92. The Kier molecular flexibility index (Phi) is 3.71. The molecule has 0 saturated carbocycles. The summed E-state index contributed by atoms with van der Waals surface area (Å²) in [7, 11) is -3.53. The van der Waals surface area contributed by atoms with Gasteiger partial charge in [-0.1, -0.05) is 11.3 Å². The van der Waals surface area contributed by atoms with E-state index in [-0.39, 0.29) is 15.9 Å². The third kappa shape index (κ3) is 2.72. The number of hydrogen-bond acceptors (Lipinski definition) is 6. The number of aromatic nitrogens is 1. The highest BCUT2D eigenvalue weighted by Gasteiger charge is 2.21. The maximum Gasteiger partial charge on any atom is 0.252 e. The topological polar surface area (TPSA) is 85.1 Å². The van der Waals surface area contributed by atoms with Crippen LogP contribution in [-0.2, 0) is 16.6 Å². The summed E-state index contributed by atoms with van der Waals surface area (Å²) in [6.45, 7) is 3.88. The van der Waals surface area contributed by atoms with E-state index < -0.39 is 10.0 Å². The zero-order valence-electron chi connectivity index (χ0n) is 9.93. The molecule has 0 spiro atoms. The largest absolute Gasteiger partial charge is 0.375 e. The number of nitrogen functional groups attached to an aromatic ring is 1. The number of nitrogens with two attached hydrogens (primary N) is 1. The van der Waals surface area contributed by atoms with Crippen LogP contribution in [0, 0.1) is 13.8 Å². The minimum absolute atomic E-state index is 0.188. The molecular formula is C10H13N3O2S3. The Hall–Kier alpha value is -0.960. The van der Waals surface area contributed by atoms with Crippen molar-refractivity contribution in [1.82, 2.24) is 9.71 Å². The Morgan fingerprint density at radius 3 is 2.61 bits per heavy atom. The van der Waals surface area contributed by atoms with E-state index in [4.69, 9.17) is 5.73 Å². The summed E-state index contributed by atoms with van der Waals surface area (Å²) in [5.74, 6) is 0. The first-order valence-electron chi connectivity index (χ1n) is 5.14. The van der Waals surface area contributed by atoms with Gasteiger partial charge in [-0.25, -0.2) is 18.1 Å². The third-order valence-electron chi connectivity index (χ3n) is 2.43. The quantitative estimate of drug-likeness (QED) is 0.903. The molecule has 0 fully saturated rings. The molecule has 2 aromatic rings. The molecule has 0 radical (unpaired) electrons. The number of sulfonamides is 1. The first kappa shape index (κ1) is 13.5. The first-order chi connectivity index (χ1) is 8.40. The van der Waals surface area contributed by atoms with Crippen LogP contribution >= 0.6 is 22.7 Å². The van der Waals surface area contributed by atoms with Crippen molar-refractivity contribution >= 4 is 37.8 Å². The molecule has 0 atom stereocenters. The summed E-state index contributed by atoms with van der Waals surface area (Å²) in [5, 5.41) is 4.19. The predicted octanol–water partition coefficient (Wildman–Crippen LogP) is 1.88. The fraction of sp³-hybridized carbons (Fsp3) is 0.300. The third-order valence-corrected chi connectivity index (χ3v) is 6.34. The van der Waals surface area contributed by atoms with E-state index in [0.29, 0.717) is 5.69 Å². The highest BCUT2D eigenvalue weighted by Crippen LogP contribution is 2.25. The van der Waals surface area contributed by atoms with E-state index in [1.807, 2.05) is 17.7 Å². The molecule has 0 unspecified atom stereocenters. The number of thiazole rings is 1. The molecule has 98 valence electrons. The average molecular weight is 303 g/mol. The van der Waals surface area contributed by atoms with Gasteiger partial charge >= 0.3 is 0 Å². The normalized spacial score (nSPS) is 11.9. The Balaban J connectivity index is 2.18. The first-order valence-corrected chi connectivity index (χ1v) is 8.38. The second-order valence-electron chi connectivity index (χ2n) is 3.83. The molecule has 3 N–H and O–H groups in total.